The molecular weight excluding hydrogens is 633 g/mol. The lowest BCUT2D eigenvalue weighted by molar-refractivity contribution is -0.141. The molecule has 1 saturated carbocycles. The Morgan fingerprint density at radius 2 is 1.67 bits per heavy atom. The van der Waals surface area contributed by atoms with Gasteiger partial charge in [0.2, 0.25) is 21.8 Å². The number of sulfonamides is 1. The Balaban J connectivity index is 1.59. The van der Waals surface area contributed by atoms with Gasteiger partial charge in [0, 0.05) is 37.0 Å². The minimum Gasteiger partial charge on any atom is -0.495 e. The van der Waals surface area contributed by atoms with E-state index in [4.69, 9.17) is 27.9 Å². The van der Waals surface area contributed by atoms with Crippen molar-refractivity contribution in [2.75, 3.05) is 24.2 Å². The van der Waals surface area contributed by atoms with Crippen LogP contribution in [0.5, 0.6) is 5.75 Å². The van der Waals surface area contributed by atoms with Crippen molar-refractivity contribution in [3.05, 3.63) is 94.0 Å². The van der Waals surface area contributed by atoms with E-state index < -0.39 is 16.1 Å². The minimum atomic E-state index is -3.68. The van der Waals surface area contributed by atoms with Gasteiger partial charge in [-0.05, 0) is 60.7 Å². The molecule has 8 nitrogen and oxygen atoms in total. The molecule has 1 N–H and O–H groups in total. The van der Waals surface area contributed by atoms with E-state index in [0.717, 1.165) is 49.5 Å². The summed E-state index contributed by atoms with van der Waals surface area (Å²) in [6.45, 7) is 0.231. The van der Waals surface area contributed by atoms with Crippen LogP contribution in [0.1, 0.15) is 56.1 Å². The molecule has 1 fully saturated rings. The van der Waals surface area contributed by atoms with Crippen LogP contribution in [0.3, 0.4) is 0 Å². The number of carbonyl (C=O) groups excluding carboxylic acids is 2. The molecule has 242 valence electrons. The zero-order valence-corrected chi connectivity index (χ0v) is 28.1. The Kier molecular flexibility index (Phi) is 12.6. The van der Waals surface area contributed by atoms with Crippen LogP contribution < -0.4 is 14.4 Å². The average Bonchev–Trinajstić information content (AvgIpc) is 3.01. The summed E-state index contributed by atoms with van der Waals surface area (Å²) in [5.74, 6) is -0.0145. The van der Waals surface area contributed by atoms with Crippen molar-refractivity contribution in [2.24, 2.45) is 0 Å². The second kappa shape index (κ2) is 16.3. The Labute approximate surface area is 276 Å². The first-order valence-corrected chi connectivity index (χ1v) is 17.8. The Bertz CT molecular complexity index is 1550. The SMILES string of the molecule is COc1ccc(N(CCCC(=O)N(Cc2cccc(Cl)c2)[C@@H](Cc2ccccc2)C(=O)NC2CCCCC2)S(C)(=O)=O)cc1Cl. The van der Waals surface area contributed by atoms with Crippen molar-refractivity contribution < 1.29 is 22.7 Å². The quantitative estimate of drug-likeness (QED) is 0.207. The number of anilines is 1. The van der Waals surface area contributed by atoms with E-state index in [1.54, 1.807) is 29.2 Å². The van der Waals surface area contributed by atoms with Gasteiger partial charge in [0.05, 0.1) is 24.1 Å². The van der Waals surface area contributed by atoms with Gasteiger partial charge in [-0.2, -0.15) is 0 Å². The topological polar surface area (TPSA) is 96.0 Å². The number of methoxy groups -OCH3 is 1. The van der Waals surface area contributed by atoms with Crippen LogP contribution in [-0.4, -0.2) is 57.1 Å². The van der Waals surface area contributed by atoms with Crippen LogP contribution in [0.2, 0.25) is 10.0 Å². The maximum atomic E-state index is 14.1. The highest BCUT2D eigenvalue weighted by Gasteiger charge is 2.32. The number of nitrogens with zero attached hydrogens (tertiary/aromatic N) is 2. The first kappa shape index (κ1) is 34.6. The predicted octanol–water partition coefficient (Wildman–Crippen LogP) is 6.64. The number of halogens is 2. The summed E-state index contributed by atoms with van der Waals surface area (Å²) in [5.41, 5.74) is 2.11. The summed E-state index contributed by atoms with van der Waals surface area (Å²) < 4.78 is 31.9. The first-order valence-electron chi connectivity index (χ1n) is 15.2. The summed E-state index contributed by atoms with van der Waals surface area (Å²) in [6.07, 6.45) is 6.83. The van der Waals surface area contributed by atoms with Crippen molar-refractivity contribution in [3.63, 3.8) is 0 Å². The van der Waals surface area contributed by atoms with Gasteiger partial charge in [-0.15, -0.1) is 0 Å². The van der Waals surface area contributed by atoms with Gasteiger partial charge >= 0.3 is 0 Å². The van der Waals surface area contributed by atoms with Crippen LogP contribution in [0, 0.1) is 0 Å². The lowest BCUT2D eigenvalue weighted by Crippen LogP contribution is -2.52. The third-order valence-corrected chi connectivity index (χ3v) is 9.76. The second-order valence-electron chi connectivity index (χ2n) is 11.5. The molecule has 0 saturated heterocycles. The van der Waals surface area contributed by atoms with E-state index >= 15 is 0 Å². The summed E-state index contributed by atoms with van der Waals surface area (Å²) in [4.78, 5) is 29.7. The van der Waals surface area contributed by atoms with Crippen LogP contribution in [0.15, 0.2) is 72.8 Å². The molecule has 3 aromatic rings. The summed E-state index contributed by atoms with van der Waals surface area (Å²) >= 11 is 12.6. The Morgan fingerprint density at radius 1 is 0.956 bits per heavy atom. The zero-order chi connectivity index (χ0) is 32.4. The van der Waals surface area contributed by atoms with E-state index in [0.29, 0.717) is 22.9 Å². The number of benzene rings is 3. The Morgan fingerprint density at radius 3 is 2.31 bits per heavy atom. The number of nitrogens with one attached hydrogen (secondary N) is 1. The van der Waals surface area contributed by atoms with E-state index in [1.165, 1.54) is 17.5 Å². The van der Waals surface area contributed by atoms with E-state index in [9.17, 15) is 18.0 Å². The minimum absolute atomic E-state index is 0.0263. The fourth-order valence-electron chi connectivity index (χ4n) is 5.74. The lowest BCUT2D eigenvalue weighted by Gasteiger charge is -2.34. The first-order chi connectivity index (χ1) is 21.5. The van der Waals surface area contributed by atoms with Crippen LogP contribution >= 0.6 is 23.2 Å². The molecule has 1 atom stereocenters. The fourth-order valence-corrected chi connectivity index (χ4v) is 7.17. The van der Waals surface area contributed by atoms with Gasteiger partial charge in [-0.1, -0.05) is 84.9 Å². The maximum absolute atomic E-state index is 14.1. The molecule has 0 aliphatic heterocycles. The van der Waals surface area contributed by atoms with Gasteiger partial charge in [0.1, 0.15) is 11.8 Å². The second-order valence-corrected chi connectivity index (χ2v) is 14.2. The molecule has 45 heavy (non-hydrogen) atoms. The number of hydrogen-bond donors (Lipinski definition) is 1. The number of ether oxygens (including phenoxy) is 1. The monoisotopic (exact) mass is 673 g/mol. The molecule has 0 heterocycles. The van der Waals surface area contributed by atoms with Gasteiger partial charge in [0.25, 0.3) is 0 Å². The largest absolute Gasteiger partial charge is 0.495 e. The van der Waals surface area contributed by atoms with Crippen LogP contribution in [-0.2, 0) is 32.6 Å². The van der Waals surface area contributed by atoms with Gasteiger partial charge in [0.15, 0.2) is 0 Å². The highest BCUT2D eigenvalue weighted by atomic mass is 35.5. The molecule has 2 amide bonds. The highest BCUT2D eigenvalue weighted by molar-refractivity contribution is 7.92. The molecule has 1 aliphatic rings. The number of amides is 2. The molecule has 0 bridgehead atoms. The molecule has 1 aliphatic carbocycles. The molecule has 11 heteroatoms. The smallest absolute Gasteiger partial charge is 0.243 e. The highest BCUT2D eigenvalue weighted by Crippen LogP contribution is 2.30. The third-order valence-electron chi connectivity index (χ3n) is 8.04. The summed E-state index contributed by atoms with van der Waals surface area (Å²) in [6, 6.07) is 21.0. The van der Waals surface area contributed by atoms with E-state index in [2.05, 4.69) is 5.32 Å². The van der Waals surface area contributed by atoms with Crippen molar-refractivity contribution in [2.45, 2.75) is 70.0 Å². The predicted molar refractivity (Wildman–Crippen MR) is 180 cm³/mol. The number of rotatable bonds is 14. The normalized spacial score (nSPS) is 14.4. The third kappa shape index (κ3) is 10.1. The van der Waals surface area contributed by atoms with Crippen LogP contribution in [0.4, 0.5) is 5.69 Å². The molecule has 0 radical (unpaired) electrons. The van der Waals surface area contributed by atoms with Crippen molar-refractivity contribution in [1.29, 1.82) is 0 Å². The zero-order valence-electron chi connectivity index (χ0n) is 25.8. The van der Waals surface area contributed by atoms with Gasteiger partial charge in [-0.25, -0.2) is 8.42 Å². The molecule has 0 unspecified atom stereocenters. The van der Waals surface area contributed by atoms with E-state index in [-0.39, 0.29) is 48.8 Å². The summed E-state index contributed by atoms with van der Waals surface area (Å²) in [5, 5.41) is 4.05. The number of hydrogen-bond acceptors (Lipinski definition) is 5. The lowest BCUT2D eigenvalue weighted by atomic mass is 9.94. The van der Waals surface area contributed by atoms with E-state index in [1.807, 2.05) is 42.5 Å². The van der Waals surface area contributed by atoms with Crippen molar-refractivity contribution in [3.8, 4) is 5.75 Å². The van der Waals surface area contributed by atoms with Gasteiger partial charge < -0.3 is 15.0 Å². The molecule has 0 spiro atoms. The van der Waals surface area contributed by atoms with Crippen LogP contribution in [0.25, 0.3) is 0 Å². The standard InChI is InChI=1S/C34H41Cl2N3O5S/c1-44-32-19-18-29(23-30(32)36)39(45(2,42)43)20-10-17-33(40)38(24-26-13-9-14-27(35)21-26)31(22-25-11-5-3-6-12-25)34(41)37-28-15-7-4-8-16-28/h3,5-6,9,11-14,18-19,21,23,28,31H,4,7-8,10,15-17,20,22,24H2,1-2H3,(H,37,41)/t31-/m0/s1. The maximum Gasteiger partial charge on any atom is 0.243 e. The Hall–Kier alpha value is -3.27. The molecule has 4 rings (SSSR count). The van der Waals surface area contributed by atoms with Crippen molar-refractivity contribution >= 4 is 50.7 Å². The number of carbonyl (C=O) groups is 2. The van der Waals surface area contributed by atoms with Crippen molar-refractivity contribution in [1.82, 2.24) is 10.2 Å². The average molecular weight is 675 g/mol. The fraction of sp³-hybridized carbons (Fsp3) is 0.412. The molecule has 0 aromatic heterocycles. The molecular formula is C34H41Cl2N3O5S. The summed E-state index contributed by atoms with van der Waals surface area (Å²) in [7, 11) is -2.20. The van der Waals surface area contributed by atoms with Gasteiger partial charge in [-0.3, -0.25) is 13.9 Å². The molecule has 3 aromatic carbocycles.